The number of nitriles is 4. The van der Waals surface area contributed by atoms with Crippen molar-refractivity contribution in [2.24, 2.45) is 0 Å². The Bertz CT molecular complexity index is 3980. The van der Waals surface area contributed by atoms with Crippen molar-refractivity contribution in [2.75, 3.05) is 0 Å². The Hall–Kier alpha value is -10.4. The topological polar surface area (TPSA) is 131 Å². The van der Waals surface area contributed by atoms with Crippen LogP contribution in [0.1, 0.15) is 22.3 Å². The number of hydrogen-bond acceptors (Lipinski definition) is 6. The lowest BCUT2D eigenvalue weighted by Crippen LogP contribution is -2.02. The van der Waals surface area contributed by atoms with Crippen LogP contribution in [0, 0.1) is 45.3 Å². The minimum absolute atomic E-state index is 0.438. The summed E-state index contributed by atoms with van der Waals surface area (Å²) >= 11 is 0. The molecule has 0 radical (unpaired) electrons. The second-order valence-corrected chi connectivity index (χ2v) is 17.1. The number of benzene rings is 9. The van der Waals surface area contributed by atoms with E-state index >= 15 is 0 Å². The molecule has 0 aliphatic carbocycles. The molecular weight excluding hydrogens is 857 g/mol. The van der Waals surface area contributed by atoms with Gasteiger partial charge >= 0.3 is 0 Å². The Morgan fingerprint density at radius 2 is 0.686 bits per heavy atom. The number of para-hydroxylation sites is 4. The maximum atomic E-state index is 9.77. The number of hydrogen-bond donors (Lipinski definition) is 0. The molecule has 0 saturated carbocycles. The molecule has 0 spiro atoms. The van der Waals surface area contributed by atoms with Gasteiger partial charge in [-0.2, -0.15) is 21.0 Å². The SMILES string of the molecule is N#Cc1cc(C#N)cc(-c2ccc3c(c2)c2ccccc2n3-c2ccccc2-c2cc(-c3ccccc3-n3c4ccccc4c4cc(-c5cc(C#N)cc(C#N)c5)ccc43)nc(-c3ccccc3)n2)c1. The Balaban J connectivity index is 1.05. The van der Waals surface area contributed by atoms with Crippen LogP contribution >= 0.6 is 0 Å². The molecule has 12 aromatic rings. The van der Waals surface area contributed by atoms with Gasteiger partial charge in [-0.05, 0) is 113 Å². The first-order valence-corrected chi connectivity index (χ1v) is 22.6. The van der Waals surface area contributed by atoms with Crippen LogP contribution in [0.5, 0.6) is 0 Å². The molecule has 9 aromatic carbocycles. The Morgan fingerprint density at radius 3 is 1.13 bits per heavy atom. The van der Waals surface area contributed by atoms with Crippen molar-refractivity contribution in [1.82, 2.24) is 19.1 Å². The van der Waals surface area contributed by atoms with Gasteiger partial charge in [-0.3, -0.25) is 0 Å². The highest BCUT2D eigenvalue weighted by atomic mass is 15.0. The van der Waals surface area contributed by atoms with Crippen LogP contribution in [0.15, 0.2) is 206 Å². The van der Waals surface area contributed by atoms with Crippen molar-refractivity contribution in [3.63, 3.8) is 0 Å². The van der Waals surface area contributed by atoms with Gasteiger partial charge in [0.15, 0.2) is 5.82 Å². The third kappa shape index (κ3) is 6.90. The maximum Gasteiger partial charge on any atom is 0.160 e. The Morgan fingerprint density at radius 1 is 0.300 bits per heavy atom. The molecule has 0 bridgehead atoms. The lowest BCUT2D eigenvalue weighted by molar-refractivity contribution is 1.14. The Labute approximate surface area is 402 Å². The van der Waals surface area contributed by atoms with Crippen LogP contribution < -0.4 is 0 Å². The summed E-state index contributed by atoms with van der Waals surface area (Å²) in [5, 5.41) is 43.3. The third-order valence-electron chi connectivity index (χ3n) is 13.0. The summed E-state index contributed by atoms with van der Waals surface area (Å²) in [7, 11) is 0. The van der Waals surface area contributed by atoms with Gasteiger partial charge in [0.05, 0.1) is 91.4 Å². The molecule has 8 nitrogen and oxygen atoms in total. The van der Waals surface area contributed by atoms with E-state index in [0.717, 1.165) is 105 Å². The number of aromatic nitrogens is 4. The average Bonchev–Trinajstić information content (AvgIpc) is 3.94. The van der Waals surface area contributed by atoms with E-state index in [4.69, 9.17) is 9.97 Å². The van der Waals surface area contributed by atoms with E-state index in [1.165, 1.54) is 0 Å². The van der Waals surface area contributed by atoms with E-state index in [9.17, 15) is 21.0 Å². The standard InChI is InChI=1S/C62H34N8/c63-35-39-26-40(36-64)29-46(28-39)44-22-24-60-52(32-44)48-14-4-8-18-56(48)69(60)58-20-10-6-16-50(58)54-34-55(68-62(67-54)43-12-2-1-3-13-43)51-17-7-11-21-59(51)70-57-19-9-5-15-49(57)53-33-45(23-25-61(53)70)47-30-41(37-65)27-42(31-47)38-66/h1-34H. The minimum atomic E-state index is 0.438. The van der Waals surface area contributed by atoms with Crippen molar-refractivity contribution < 1.29 is 0 Å². The fourth-order valence-electron chi connectivity index (χ4n) is 9.88. The van der Waals surface area contributed by atoms with E-state index < -0.39 is 0 Å². The van der Waals surface area contributed by atoms with E-state index in [0.29, 0.717) is 28.1 Å². The number of fused-ring (bicyclic) bond motifs is 6. The molecular formula is C62H34N8. The van der Waals surface area contributed by atoms with E-state index in [2.05, 4.69) is 149 Å². The molecule has 3 aromatic heterocycles. The molecule has 322 valence electrons. The molecule has 0 saturated heterocycles. The third-order valence-corrected chi connectivity index (χ3v) is 13.0. The van der Waals surface area contributed by atoms with Crippen LogP contribution in [0.25, 0.3) is 111 Å². The van der Waals surface area contributed by atoms with Gasteiger partial charge in [0.2, 0.25) is 0 Å². The first-order chi connectivity index (χ1) is 34.5. The predicted octanol–water partition coefficient (Wildman–Crippen LogP) is 14.5. The minimum Gasteiger partial charge on any atom is -0.309 e. The summed E-state index contributed by atoms with van der Waals surface area (Å²) < 4.78 is 4.58. The van der Waals surface area contributed by atoms with Crippen LogP contribution in [-0.2, 0) is 0 Å². The van der Waals surface area contributed by atoms with Gasteiger partial charge < -0.3 is 9.13 Å². The highest BCUT2D eigenvalue weighted by molar-refractivity contribution is 6.12. The molecule has 3 heterocycles. The molecule has 70 heavy (non-hydrogen) atoms. The van der Waals surface area contributed by atoms with Crippen LogP contribution in [0.3, 0.4) is 0 Å². The fourth-order valence-corrected chi connectivity index (χ4v) is 9.88. The zero-order valence-electron chi connectivity index (χ0n) is 37.2. The van der Waals surface area contributed by atoms with Gasteiger partial charge in [-0.1, -0.05) is 115 Å². The molecule has 0 N–H and O–H groups in total. The van der Waals surface area contributed by atoms with Crippen LogP contribution in [0.2, 0.25) is 0 Å². The van der Waals surface area contributed by atoms with Crippen molar-refractivity contribution >= 4 is 43.6 Å². The van der Waals surface area contributed by atoms with Gasteiger partial charge in [-0.25, -0.2) is 9.97 Å². The lowest BCUT2D eigenvalue weighted by atomic mass is 9.99. The first-order valence-electron chi connectivity index (χ1n) is 22.6. The molecule has 8 heteroatoms. The summed E-state index contributed by atoms with van der Waals surface area (Å²) in [6.07, 6.45) is 0. The van der Waals surface area contributed by atoms with Crippen molar-refractivity contribution in [2.45, 2.75) is 0 Å². The van der Waals surface area contributed by atoms with Gasteiger partial charge in [0.25, 0.3) is 0 Å². The normalized spacial score (nSPS) is 11.1. The molecule has 0 atom stereocenters. The van der Waals surface area contributed by atoms with Gasteiger partial charge in [0, 0.05) is 38.2 Å². The maximum absolute atomic E-state index is 9.77. The molecule has 0 fully saturated rings. The van der Waals surface area contributed by atoms with E-state index in [1.807, 2.05) is 78.9 Å². The second kappa shape index (κ2) is 16.8. The smallest absolute Gasteiger partial charge is 0.160 e. The van der Waals surface area contributed by atoms with E-state index in [1.54, 1.807) is 12.1 Å². The summed E-state index contributed by atoms with van der Waals surface area (Å²) in [4.78, 5) is 10.7. The van der Waals surface area contributed by atoms with Crippen LogP contribution in [0.4, 0.5) is 0 Å². The largest absolute Gasteiger partial charge is 0.309 e. The van der Waals surface area contributed by atoms with Gasteiger partial charge in [-0.15, -0.1) is 0 Å². The van der Waals surface area contributed by atoms with Crippen LogP contribution in [-0.4, -0.2) is 19.1 Å². The summed E-state index contributed by atoms with van der Waals surface area (Å²) in [5.41, 5.74) is 15.3. The molecule has 0 aliphatic rings. The first kappa shape index (κ1) is 41.1. The highest BCUT2D eigenvalue weighted by Gasteiger charge is 2.22. The zero-order chi connectivity index (χ0) is 47.3. The molecule has 0 aliphatic heterocycles. The van der Waals surface area contributed by atoms with Crippen molar-refractivity contribution in [3.8, 4) is 91.8 Å². The molecule has 0 unspecified atom stereocenters. The molecule has 0 amide bonds. The number of rotatable bonds is 7. The van der Waals surface area contributed by atoms with Crippen molar-refractivity contribution in [3.05, 3.63) is 229 Å². The lowest BCUT2D eigenvalue weighted by Gasteiger charge is -2.17. The average molecular weight is 891 g/mol. The summed E-state index contributed by atoms with van der Waals surface area (Å²) in [6.45, 7) is 0. The zero-order valence-corrected chi connectivity index (χ0v) is 37.2. The highest BCUT2D eigenvalue weighted by Crippen LogP contribution is 2.41. The number of nitrogens with zero attached hydrogens (tertiary/aromatic N) is 8. The second-order valence-electron chi connectivity index (χ2n) is 17.1. The summed E-state index contributed by atoms with van der Waals surface area (Å²) in [6, 6.07) is 77.6. The Kier molecular flexibility index (Phi) is 9.86. The fraction of sp³-hybridized carbons (Fsp3) is 0. The molecule has 12 rings (SSSR count). The quantitative estimate of drug-likeness (QED) is 0.157. The summed E-state index contributed by atoms with van der Waals surface area (Å²) in [5.74, 6) is 0.587. The monoisotopic (exact) mass is 890 g/mol. The van der Waals surface area contributed by atoms with Gasteiger partial charge in [0.1, 0.15) is 0 Å². The van der Waals surface area contributed by atoms with Crippen molar-refractivity contribution in [1.29, 1.82) is 21.0 Å². The van der Waals surface area contributed by atoms with E-state index in [-0.39, 0.29) is 0 Å². The predicted molar refractivity (Wildman–Crippen MR) is 277 cm³/mol.